The van der Waals surface area contributed by atoms with Crippen molar-refractivity contribution in [2.75, 3.05) is 19.6 Å². The molecule has 1 atom stereocenters. The van der Waals surface area contributed by atoms with Crippen LogP contribution >= 0.6 is 11.3 Å². The molecule has 27 heavy (non-hydrogen) atoms. The van der Waals surface area contributed by atoms with E-state index < -0.39 is 0 Å². The maximum atomic E-state index is 12.6. The number of hydrogen-bond acceptors (Lipinski definition) is 3. The largest absolute Gasteiger partial charge is 0.356 e. The monoisotopic (exact) mass is 382 g/mol. The van der Waals surface area contributed by atoms with Gasteiger partial charge in [-0.25, -0.2) is 0 Å². The molecule has 1 saturated heterocycles. The quantitative estimate of drug-likeness (QED) is 0.861. The van der Waals surface area contributed by atoms with E-state index in [-0.39, 0.29) is 17.7 Å². The molecule has 2 aromatic rings. The molecule has 0 unspecified atom stereocenters. The Morgan fingerprint density at radius 1 is 1.15 bits per heavy atom. The van der Waals surface area contributed by atoms with Gasteiger partial charge in [0.1, 0.15) is 0 Å². The van der Waals surface area contributed by atoms with Crippen LogP contribution in [0.5, 0.6) is 0 Å². The fourth-order valence-electron chi connectivity index (χ4n) is 4.05. The van der Waals surface area contributed by atoms with Crippen molar-refractivity contribution in [3.8, 4) is 0 Å². The number of likely N-dealkylation sites (tertiary alicyclic amines) is 1. The van der Waals surface area contributed by atoms with Crippen LogP contribution in [0.1, 0.15) is 44.9 Å². The Hall–Kier alpha value is -2.14. The molecule has 0 bridgehead atoms. The van der Waals surface area contributed by atoms with Gasteiger partial charge < -0.3 is 10.2 Å². The van der Waals surface area contributed by atoms with Gasteiger partial charge >= 0.3 is 0 Å². The number of benzene rings is 1. The first-order valence-corrected chi connectivity index (χ1v) is 10.7. The van der Waals surface area contributed by atoms with E-state index in [1.165, 1.54) is 16.0 Å². The van der Waals surface area contributed by atoms with Crippen molar-refractivity contribution in [2.24, 2.45) is 5.92 Å². The van der Waals surface area contributed by atoms with Gasteiger partial charge in [0.2, 0.25) is 5.91 Å². The van der Waals surface area contributed by atoms with Gasteiger partial charge in [0, 0.05) is 30.4 Å². The smallest absolute Gasteiger partial charge is 0.263 e. The van der Waals surface area contributed by atoms with Crippen LogP contribution in [0.2, 0.25) is 0 Å². The molecule has 2 aliphatic rings. The highest BCUT2D eigenvalue weighted by Gasteiger charge is 2.28. The minimum Gasteiger partial charge on any atom is -0.356 e. The first-order chi connectivity index (χ1) is 13.2. The zero-order valence-corrected chi connectivity index (χ0v) is 16.4. The van der Waals surface area contributed by atoms with Crippen molar-refractivity contribution >= 4 is 23.2 Å². The lowest BCUT2D eigenvalue weighted by Crippen LogP contribution is -2.34. The Morgan fingerprint density at radius 2 is 1.93 bits per heavy atom. The van der Waals surface area contributed by atoms with E-state index in [2.05, 4.69) is 17.4 Å². The van der Waals surface area contributed by atoms with Crippen molar-refractivity contribution in [2.45, 2.75) is 38.5 Å². The number of carbonyl (C=O) groups excluding carboxylic acids is 2. The summed E-state index contributed by atoms with van der Waals surface area (Å²) >= 11 is 1.64. The molecule has 0 radical (unpaired) electrons. The minimum absolute atomic E-state index is 0.0256. The second-order valence-electron chi connectivity index (χ2n) is 7.52. The first-order valence-electron chi connectivity index (χ1n) is 9.93. The van der Waals surface area contributed by atoms with Gasteiger partial charge in [0.05, 0.1) is 4.88 Å². The van der Waals surface area contributed by atoms with Crippen LogP contribution in [0.3, 0.4) is 0 Å². The maximum Gasteiger partial charge on any atom is 0.263 e. The van der Waals surface area contributed by atoms with Gasteiger partial charge in [0.15, 0.2) is 0 Å². The molecule has 5 heteroatoms. The minimum atomic E-state index is 0.0256. The average molecular weight is 383 g/mol. The van der Waals surface area contributed by atoms with Gasteiger partial charge in [-0.15, -0.1) is 11.3 Å². The van der Waals surface area contributed by atoms with Gasteiger partial charge in [-0.2, -0.15) is 0 Å². The number of aryl methyl sites for hydroxylation is 1. The molecule has 1 aromatic carbocycles. The number of nitrogens with one attached hydrogen (secondary N) is 1. The number of carbonyl (C=O) groups is 2. The maximum absolute atomic E-state index is 12.6. The van der Waals surface area contributed by atoms with Crippen LogP contribution in [0, 0.1) is 5.92 Å². The molecule has 1 aromatic heterocycles. The van der Waals surface area contributed by atoms with Gasteiger partial charge in [-0.3, -0.25) is 9.59 Å². The fraction of sp³-hybridized carbons (Fsp3) is 0.455. The Kier molecular flexibility index (Phi) is 5.58. The zero-order chi connectivity index (χ0) is 18.6. The highest BCUT2D eigenvalue weighted by Crippen LogP contribution is 2.33. The third-order valence-electron chi connectivity index (χ3n) is 5.61. The average Bonchev–Trinajstić information content (AvgIpc) is 3.37. The SMILES string of the molecule is O=C(NCCc1ccccc1)[C@@H]1CCc2sc(C(=O)N3CCCC3)cc2C1. The molecule has 4 rings (SSSR count). The molecule has 0 saturated carbocycles. The lowest BCUT2D eigenvalue weighted by molar-refractivity contribution is -0.125. The molecule has 1 N–H and O–H groups in total. The summed E-state index contributed by atoms with van der Waals surface area (Å²) < 4.78 is 0. The van der Waals surface area contributed by atoms with E-state index in [0.717, 1.165) is 56.5 Å². The highest BCUT2D eigenvalue weighted by molar-refractivity contribution is 7.14. The number of nitrogens with zero attached hydrogens (tertiary/aromatic N) is 1. The summed E-state index contributed by atoms with van der Waals surface area (Å²) in [6.45, 7) is 2.44. The summed E-state index contributed by atoms with van der Waals surface area (Å²) in [6.07, 6.45) is 5.63. The van der Waals surface area contributed by atoms with Gasteiger partial charge in [0.25, 0.3) is 5.91 Å². The van der Waals surface area contributed by atoms with Crippen LogP contribution in [0.4, 0.5) is 0 Å². The third-order valence-corrected chi connectivity index (χ3v) is 6.84. The van der Waals surface area contributed by atoms with Crippen LogP contribution in [-0.4, -0.2) is 36.3 Å². The zero-order valence-electron chi connectivity index (χ0n) is 15.6. The molecule has 0 spiro atoms. The molecule has 2 amide bonds. The number of fused-ring (bicyclic) bond motifs is 1. The van der Waals surface area contributed by atoms with Crippen LogP contribution in [0.25, 0.3) is 0 Å². The van der Waals surface area contributed by atoms with E-state index in [9.17, 15) is 9.59 Å². The summed E-state index contributed by atoms with van der Waals surface area (Å²) in [4.78, 5) is 29.3. The van der Waals surface area contributed by atoms with E-state index >= 15 is 0 Å². The van der Waals surface area contributed by atoms with E-state index in [1.54, 1.807) is 11.3 Å². The summed E-state index contributed by atoms with van der Waals surface area (Å²) in [6, 6.07) is 12.3. The Bertz CT molecular complexity index is 809. The van der Waals surface area contributed by atoms with E-state index in [1.807, 2.05) is 29.2 Å². The van der Waals surface area contributed by atoms with Crippen LogP contribution in [-0.2, 0) is 24.1 Å². The number of hydrogen-bond donors (Lipinski definition) is 1. The Balaban J connectivity index is 1.32. The lowest BCUT2D eigenvalue weighted by atomic mass is 9.87. The second-order valence-corrected chi connectivity index (χ2v) is 8.66. The summed E-state index contributed by atoms with van der Waals surface area (Å²) in [5.41, 5.74) is 2.45. The summed E-state index contributed by atoms with van der Waals surface area (Å²) in [5, 5.41) is 3.10. The normalized spacial score (nSPS) is 19.0. The topological polar surface area (TPSA) is 49.4 Å². The van der Waals surface area contributed by atoms with Crippen molar-refractivity contribution in [3.63, 3.8) is 0 Å². The van der Waals surface area contributed by atoms with Gasteiger partial charge in [-0.05, 0) is 55.7 Å². The second kappa shape index (κ2) is 8.26. The molecular weight excluding hydrogens is 356 g/mol. The first kappa shape index (κ1) is 18.2. The standard InChI is InChI=1S/C22H26N2O2S/c25-21(23-11-10-16-6-2-1-3-7-16)17-8-9-19-18(14-17)15-20(27-19)22(26)24-12-4-5-13-24/h1-3,6-7,15,17H,4-5,8-14H2,(H,23,25)/t17-/m1/s1. The molecule has 1 aliphatic carbocycles. The summed E-state index contributed by atoms with van der Waals surface area (Å²) in [7, 11) is 0. The van der Waals surface area contributed by atoms with Crippen LogP contribution in [0.15, 0.2) is 36.4 Å². The van der Waals surface area contributed by atoms with Crippen molar-refractivity contribution < 1.29 is 9.59 Å². The van der Waals surface area contributed by atoms with E-state index in [4.69, 9.17) is 0 Å². The van der Waals surface area contributed by atoms with Crippen LogP contribution < -0.4 is 5.32 Å². The molecule has 1 aliphatic heterocycles. The van der Waals surface area contributed by atoms with E-state index in [0.29, 0.717) is 6.54 Å². The van der Waals surface area contributed by atoms with Crippen molar-refractivity contribution in [3.05, 3.63) is 57.3 Å². The predicted molar refractivity (Wildman–Crippen MR) is 108 cm³/mol. The molecule has 142 valence electrons. The molecule has 4 nitrogen and oxygen atoms in total. The Morgan fingerprint density at radius 3 is 2.70 bits per heavy atom. The number of rotatable bonds is 5. The molecule has 2 heterocycles. The lowest BCUT2D eigenvalue weighted by Gasteiger charge is -2.21. The van der Waals surface area contributed by atoms with Gasteiger partial charge in [-0.1, -0.05) is 30.3 Å². The summed E-state index contributed by atoms with van der Waals surface area (Å²) in [5.74, 6) is 0.351. The number of amides is 2. The number of thiophene rings is 1. The van der Waals surface area contributed by atoms with Crippen molar-refractivity contribution in [1.29, 1.82) is 0 Å². The third kappa shape index (κ3) is 4.24. The Labute approximate surface area is 164 Å². The highest BCUT2D eigenvalue weighted by atomic mass is 32.1. The van der Waals surface area contributed by atoms with Crippen molar-refractivity contribution in [1.82, 2.24) is 10.2 Å². The molecule has 1 fully saturated rings. The molecular formula is C22H26N2O2S. The predicted octanol–water partition coefficient (Wildman–Crippen LogP) is 3.45. The fourth-order valence-corrected chi connectivity index (χ4v) is 5.22.